The Labute approximate surface area is 158 Å². The van der Waals surface area contributed by atoms with Gasteiger partial charge in [0.05, 0.1) is 12.6 Å². The molecule has 3 rings (SSSR count). The molecule has 0 radical (unpaired) electrons. The molecule has 2 aromatic rings. The first-order valence-corrected chi connectivity index (χ1v) is 9.05. The van der Waals surface area contributed by atoms with Crippen LogP contribution >= 0.6 is 11.6 Å². The van der Waals surface area contributed by atoms with Gasteiger partial charge < -0.3 is 16.0 Å². The van der Waals surface area contributed by atoms with Gasteiger partial charge in [0.25, 0.3) is 0 Å². The fourth-order valence-corrected chi connectivity index (χ4v) is 3.52. The van der Waals surface area contributed by atoms with Gasteiger partial charge in [0.1, 0.15) is 0 Å². The van der Waals surface area contributed by atoms with E-state index in [1.807, 2.05) is 48.2 Å². The molecular formula is C20H22ClN3O2. The number of halogens is 1. The van der Waals surface area contributed by atoms with Crippen molar-refractivity contribution in [2.45, 2.75) is 25.8 Å². The second kappa shape index (κ2) is 7.79. The number of fused-ring (bicyclic) bond motifs is 1. The maximum Gasteiger partial charge on any atom is 0.249 e. The second-order valence-corrected chi connectivity index (χ2v) is 6.97. The van der Waals surface area contributed by atoms with Crippen LogP contribution in [-0.2, 0) is 11.2 Å². The third-order valence-electron chi connectivity index (χ3n) is 4.69. The van der Waals surface area contributed by atoms with Gasteiger partial charge >= 0.3 is 0 Å². The zero-order valence-electron chi connectivity index (χ0n) is 14.7. The number of hydrogen-bond acceptors (Lipinski definition) is 3. The van der Waals surface area contributed by atoms with E-state index in [2.05, 4.69) is 5.32 Å². The molecule has 0 saturated heterocycles. The number of amides is 2. The van der Waals surface area contributed by atoms with Crippen LogP contribution in [0.3, 0.4) is 0 Å². The summed E-state index contributed by atoms with van der Waals surface area (Å²) in [5, 5.41) is 3.68. The topological polar surface area (TPSA) is 75.4 Å². The zero-order chi connectivity index (χ0) is 18.7. The van der Waals surface area contributed by atoms with E-state index in [1.54, 1.807) is 6.07 Å². The molecule has 0 saturated carbocycles. The monoisotopic (exact) mass is 371 g/mol. The standard InChI is InChI=1S/C20H22ClN3O2/c1-13(14-7-9-15(21)10-8-14)23-19(25)12-24-11-3-5-16-17(20(22)26)4-2-6-18(16)24/h2,4,6-10,13H,3,5,11-12H2,1H3,(H2,22,26)(H,23,25). The maximum atomic E-state index is 12.5. The lowest BCUT2D eigenvalue weighted by Gasteiger charge is -2.32. The summed E-state index contributed by atoms with van der Waals surface area (Å²) < 4.78 is 0. The van der Waals surface area contributed by atoms with Crippen LogP contribution in [-0.4, -0.2) is 24.9 Å². The number of carbonyl (C=O) groups excluding carboxylic acids is 2. The minimum atomic E-state index is -0.426. The third kappa shape index (κ3) is 3.99. The van der Waals surface area contributed by atoms with Gasteiger partial charge in [-0.15, -0.1) is 0 Å². The summed E-state index contributed by atoms with van der Waals surface area (Å²) in [5.74, 6) is -0.491. The predicted molar refractivity (Wildman–Crippen MR) is 104 cm³/mol. The third-order valence-corrected chi connectivity index (χ3v) is 4.95. The van der Waals surface area contributed by atoms with E-state index < -0.39 is 5.91 Å². The van der Waals surface area contributed by atoms with Crippen molar-refractivity contribution >= 4 is 29.1 Å². The lowest BCUT2D eigenvalue weighted by atomic mass is 9.96. The SMILES string of the molecule is CC(NC(=O)CN1CCCc2c(C(N)=O)cccc21)c1ccc(Cl)cc1. The number of carbonyl (C=O) groups is 2. The lowest BCUT2D eigenvalue weighted by molar-refractivity contribution is -0.120. The van der Waals surface area contributed by atoms with Gasteiger partial charge in [0, 0.05) is 22.8 Å². The Kier molecular flexibility index (Phi) is 5.47. The molecule has 0 aromatic heterocycles. The van der Waals surface area contributed by atoms with Crippen molar-refractivity contribution in [3.8, 4) is 0 Å². The van der Waals surface area contributed by atoms with Crippen molar-refractivity contribution < 1.29 is 9.59 Å². The molecule has 1 unspecified atom stereocenters. The predicted octanol–water partition coefficient (Wildman–Crippen LogP) is 3.07. The zero-order valence-corrected chi connectivity index (χ0v) is 15.4. The summed E-state index contributed by atoms with van der Waals surface area (Å²) in [6, 6.07) is 12.8. The maximum absolute atomic E-state index is 12.5. The minimum absolute atomic E-state index is 0.0650. The van der Waals surface area contributed by atoms with Gasteiger partial charge in [0.2, 0.25) is 11.8 Å². The van der Waals surface area contributed by atoms with Crippen molar-refractivity contribution in [2.75, 3.05) is 18.0 Å². The van der Waals surface area contributed by atoms with Crippen LogP contribution in [0.4, 0.5) is 5.69 Å². The van der Waals surface area contributed by atoms with Gasteiger partial charge in [-0.05, 0) is 55.2 Å². The van der Waals surface area contributed by atoms with Crippen LogP contribution in [0, 0.1) is 0 Å². The Morgan fingerprint density at radius 2 is 1.96 bits per heavy atom. The molecule has 0 bridgehead atoms. The van der Waals surface area contributed by atoms with Gasteiger partial charge in [-0.2, -0.15) is 0 Å². The Balaban J connectivity index is 1.70. The summed E-state index contributed by atoms with van der Waals surface area (Å²) in [6.45, 7) is 2.96. The van der Waals surface area contributed by atoms with Crippen LogP contribution < -0.4 is 16.0 Å². The Morgan fingerprint density at radius 1 is 1.23 bits per heavy atom. The molecule has 2 aromatic carbocycles. The van der Waals surface area contributed by atoms with Crippen LogP contribution in [0.5, 0.6) is 0 Å². The number of benzene rings is 2. The molecule has 136 valence electrons. The van der Waals surface area contributed by atoms with Crippen LogP contribution in [0.2, 0.25) is 5.02 Å². The molecule has 5 nitrogen and oxygen atoms in total. The smallest absolute Gasteiger partial charge is 0.249 e. The summed E-state index contributed by atoms with van der Waals surface area (Å²) in [6.07, 6.45) is 1.69. The summed E-state index contributed by atoms with van der Waals surface area (Å²) in [5.41, 5.74) is 8.87. The van der Waals surface area contributed by atoms with Gasteiger partial charge in [-0.1, -0.05) is 29.8 Å². The first-order valence-electron chi connectivity index (χ1n) is 8.67. The molecule has 0 spiro atoms. The van der Waals surface area contributed by atoms with Crippen LogP contribution in [0.25, 0.3) is 0 Å². The highest BCUT2D eigenvalue weighted by Gasteiger charge is 2.23. The largest absolute Gasteiger partial charge is 0.366 e. The minimum Gasteiger partial charge on any atom is -0.366 e. The lowest BCUT2D eigenvalue weighted by Crippen LogP contribution is -2.41. The van der Waals surface area contributed by atoms with Crippen molar-refractivity contribution in [2.24, 2.45) is 5.73 Å². The van der Waals surface area contributed by atoms with E-state index in [9.17, 15) is 9.59 Å². The summed E-state index contributed by atoms with van der Waals surface area (Å²) in [4.78, 5) is 26.2. The summed E-state index contributed by atoms with van der Waals surface area (Å²) >= 11 is 5.91. The van der Waals surface area contributed by atoms with E-state index in [1.165, 1.54) is 0 Å². The fraction of sp³-hybridized carbons (Fsp3) is 0.300. The highest BCUT2D eigenvalue weighted by molar-refractivity contribution is 6.30. The number of primary amides is 1. The Bertz CT molecular complexity index is 820. The van der Waals surface area contributed by atoms with Crippen LogP contribution in [0.1, 0.15) is 40.9 Å². The molecule has 0 aliphatic carbocycles. The van der Waals surface area contributed by atoms with Crippen molar-refractivity contribution in [1.82, 2.24) is 5.32 Å². The normalized spacial score (nSPS) is 14.5. The second-order valence-electron chi connectivity index (χ2n) is 6.53. The van der Waals surface area contributed by atoms with Gasteiger partial charge in [-0.25, -0.2) is 0 Å². The van der Waals surface area contributed by atoms with E-state index >= 15 is 0 Å². The first-order chi connectivity index (χ1) is 12.5. The van der Waals surface area contributed by atoms with Gasteiger partial charge in [-0.3, -0.25) is 9.59 Å². The van der Waals surface area contributed by atoms with E-state index in [-0.39, 0.29) is 18.5 Å². The van der Waals surface area contributed by atoms with Crippen LogP contribution in [0.15, 0.2) is 42.5 Å². The van der Waals surface area contributed by atoms with Crippen molar-refractivity contribution in [3.63, 3.8) is 0 Å². The first kappa shape index (κ1) is 18.3. The molecular weight excluding hydrogens is 350 g/mol. The quantitative estimate of drug-likeness (QED) is 0.848. The van der Waals surface area contributed by atoms with Crippen molar-refractivity contribution in [1.29, 1.82) is 0 Å². The number of nitrogens with two attached hydrogens (primary N) is 1. The Hall–Kier alpha value is -2.53. The van der Waals surface area contributed by atoms with E-state index in [0.29, 0.717) is 10.6 Å². The molecule has 1 heterocycles. The molecule has 1 atom stereocenters. The number of nitrogens with one attached hydrogen (secondary N) is 1. The van der Waals surface area contributed by atoms with Gasteiger partial charge in [0.15, 0.2) is 0 Å². The highest BCUT2D eigenvalue weighted by Crippen LogP contribution is 2.29. The highest BCUT2D eigenvalue weighted by atomic mass is 35.5. The molecule has 26 heavy (non-hydrogen) atoms. The molecule has 1 aliphatic heterocycles. The molecule has 0 fully saturated rings. The number of anilines is 1. The number of hydrogen-bond donors (Lipinski definition) is 2. The molecule has 2 amide bonds. The molecule has 1 aliphatic rings. The fourth-order valence-electron chi connectivity index (χ4n) is 3.39. The Morgan fingerprint density at radius 3 is 2.65 bits per heavy atom. The average Bonchev–Trinajstić information content (AvgIpc) is 2.61. The summed E-state index contributed by atoms with van der Waals surface area (Å²) in [7, 11) is 0. The van der Waals surface area contributed by atoms with E-state index in [0.717, 1.165) is 36.2 Å². The number of rotatable bonds is 5. The average molecular weight is 372 g/mol. The molecule has 3 N–H and O–H groups in total. The van der Waals surface area contributed by atoms with E-state index in [4.69, 9.17) is 17.3 Å². The number of nitrogens with zero attached hydrogens (tertiary/aromatic N) is 1. The van der Waals surface area contributed by atoms with Crippen molar-refractivity contribution in [3.05, 3.63) is 64.2 Å². The molecule has 6 heteroatoms.